The fourth-order valence-electron chi connectivity index (χ4n) is 7.72. The molecule has 0 atom stereocenters. The molecular formula is C52H55N5O. The van der Waals surface area contributed by atoms with Crippen molar-refractivity contribution in [3.05, 3.63) is 168 Å². The van der Waals surface area contributed by atoms with Gasteiger partial charge in [0.1, 0.15) is 17.3 Å². The van der Waals surface area contributed by atoms with Crippen molar-refractivity contribution in [2.45, 2.75) is 97.8 Å². The van der Waals surface area contributed by atoms with Crippen molar-refractivity contribution < 1.29 is 9.42 Å². The Morgan fingerprint density at radius 1 is 0.534 bits per heavy atom. The van der Waals surface area contributed by atoms with Crippen LogP contribution in [0.2, 0.25) is 0 Å². The van der Waals surface area contributed by atoms with Crippen LogP contribution in [-0.4, -0.2) is 19.2 Å². The predicted octanol–water partition coefficient (Wildman–Crippen LogP) is 12.5. The molecule has 58 heavy (non-hydrogen) atoms. The van der Waals surface area contributed by atoms with E-state index >= 15 is 0 Å². The van der Waals surface area contributed by atoms with Crippen LogP contribution in [0.25, 0.3) is 39.0 Å². The Balaban J connectivity index is 1.19. The molecule has 0 aliphatic heterocycles. The van der Waals surface area contributed by atoms with Crippen molar-refractivity contribution in [2.24, 2.45) is 0 Å². The van der Waals surface area contributed by atoms with Gasteiger partial charge < -0.3 is 4.74 Å². The van der Waals surface area contributed by atoms with E-state index in [9.17, 15) is 0 Å². The first kappa shape index (κ1) is 38.8. The largest absolute Gasteiger partial charge is 0.458 e. The topological polar surface area (TPSA) is 48.8 Å². The lowest BCUT2D eigenvalue weighted by Gasteiger charge is -2.26. The van der Waals surface area contributed by atoms with E-state index in [1.54, 1.807) is 0 Å². The minimum atomic E-state index is -0.257. The van der Waals surface area contributed by atoms with Gasteiger partial charge in [-0.15, -0.1) is 5.10 Å². The standard InChI is InChI=1S/C52H55N5O/c1-49(2,3)37-28-38(50(4,5)6)30-40(29-37)56-34-55(48(54-56)51(7,8)9)39-20-17-21-41(32-39)58-42-24-25-44-43-22-15-16-23-45(43)57(46(44)33-42)47-31-36(26-27-53-47)52(10,11)35-18-13-12-14-19-35/h12-33H,1-11H3. The molecule has 0 radical (unpaired) electrons. The summed E-state index contributed by atoms with van der Waals surface area (Å²) in [5.41, 5.74) is 8.55. The minimum absolute atomic E-state index is 0.0190. The molecule has 0 unspecified atom stereocenters. The summed E-state index contributed by atoms with van der Waals surface area (Å²) in [5.74, 6) is 3.24. The monoisotopic (exact) mass is 765 g/mol. The Kier molecular flexibility index (Phi) is 9.46. The SMILES string of the molecule is CC(C)(C)c1cc(-[n+]2[c-]n(-c3cccc(Oc4ccc5c6ccccc6n(-c6cc(C(C)(C)c7ccccc7)ccn6)c5c4)c3)c(C(C)(C)C)n2)cc(C(C)(C)C)c1. The van der Waals surface area contributed by atoms with Crippen LogP contribution in [0.1, 0.15) is 104 Å². The number of nitrogens with zero attached hydrogens (tertiary/aromatic N) is 5. The van der Waals surface area contributed by atoms with E-state index in [0.29, 0.717) is 0 Å². The maximum Gasteiger partial charge on any atom is 0.273 e. The summed E-state index contributed by atoms with van der Waals surface area (Å²) < 4.78 is 12.9. The van der Waals surface area contributed by atoms with Crippen LogP contribution in [0.15, 0.2) is 134 Å². The number of hydrogen-bond donors (Lipinski definition) is 0. The average molecular weight is 766 g/mol. The number of para-hydroxylation sites is 1. The Morgan fingerprint density at radius 2 is 1.19 bits per heavy atom. The third-order valence-electron chi connectivity index (χ3n) is 11.3. The quantitative estimate of drug-likeness (QED) is 0.120. The van der Waals surface area contributed by atoms with Crippen LogP contribution in [0.4, 0.5) is 0 Å². The zero-order valence-corrected chi connectivity index (χ0v) is 35.8. The Bertz CT molecular complexity index is 2750. The average Bonchev–Trinajstić information content (AvgIpc) is 3.79. The molecule has 0 N–H and O–H groups in total. The van der Waals surface area contributed by atoms with Crippen molar-refractivity contribution in [1.82, 2.24) is 19.2 Å². The summed E-state index contributed by atoms with van der Waals surface area (Å²) in [6.45, 7) is 24.7. The van der Waals surface area contributed by atoms with Gasteiger partial charge in [0.15, 0.2) is 5.82 Å². The first-order valence-electron chi connectivity index (χ1n) is 20.3. The van der Waals surface area contributed by atoms with Crippen molar-refractivity contribution in [1.29, 1.82) is 0 Å². The zero-order chi connectivity index (χ0) is 41.2. The fourth-order valence-corrected chi connectivity index (χ4v) is 7.72. The molecule has 0 saturated heterocycles. The highest BCUT2D eigenvalue weighted by Gasteiger charge is 2.27. The predicted molar refractivity (Wildman–Crippen MR) is 237 cm³/mol. The van der Waals surface area contributed by atoms with Gasteiger partial charge in [-0.25, -0.2) is 4.98 Å². The molecule has 0 aliphatic carbocycles. The van der Waals surface area contributed by atoms with Gasteiger partial charge in [-0.3, -0.25) is 9.13 Å². The number of benzene rings is 5. The van der Waals surface area contributed by atoms with E-state index in [1.165, 1.54) is 27.6 Å². The lowest BCUT2D eigenvalue weighted by atomic mass is 9.78. The lowest BCUT2D eigenvalue weighted by Crippen LogP contribution is -2.35. The molecule has 5 aromatic carbocycles. The highest BCUT2D eigenvalue weighted by atomic mass is 16.5. The maximum absolute atomic E-state index is 6.71. The summed E-state index contributed by atoms with van der Waals surface area (Å²) >= 11 is 0. The molecule has 294 valence electrons. The second-order valence-corrected chi connectivity index (χ2v) is 19.2. The van der Waals surface area contributed by atoms with E-state index in [4.69, 9.17) is 14.8 Å². The molecule has 0 bridgehead atoms. The van der Waals surface area contributed by atoms with E-state index in [0.717, 1.165) is 50.9 Å². The first-order chi connectivity index (χ1) is 27.4. The van der Waals surface area contributed by atoms with E-state index < -0.39 is 0 Å². The molecule has 8 rings (SSSR count). The second kappa shape index (κ2) is 14.1. The van der Waals surface area contributed by atoms with E-state index in [2.05, 4.69) is 207 Å². The third-order valence-corrected chi connectivity index (χ3v) is 11.3. The van der Waals surface area contributed by atoms with Crippen LogP contribution in [0.3, 0.4) is 0 Å². The highest BCUT2D eigenvalue weighted by molar-refractivity contribution is 6.09. The third kappa shape index (κ3) is 7.32. The summed E-state index contributed by atoms with van der Waals surface area (Å²) in [5, 5.41) is 7.51. The lowest BCUT2D eigenvalue weighted by molar-refractivity contribution is -0.662. The van der Waals surface area contributed by atoms with Crippen LogP contribution in [0, 0.1) is 6.33 Å². The molecule has 8 aromatic rings. The molecule has 3 aromatic heterocycles. The number of rotatable bonds is 7. The molecule has 0 fully saturated rings. The number of hydrogen-bond acceptors (Lipinski definition) is 3. The van der Waals surface area contributed by atoms with Crippen molar-refractivity contribution in [3.8, 4) is 28.7 Å². The molecule has 3 heterocycles. The minimum Gasteiger partial charge on any atom is -0.458 e. The number of fused-ring (bicyclic) bond motifs is 3. The van der Waals surface area contributed by atoms with E-state index in [-0.39, 0.29) is 21.7 Å². The maximum atomic E-state index is 6.71. The van der Waals surface area contributed by atoms with Gasteiger partial charge in [0, 0.05) is 33.9 Å². The Labute approximate surface area is 343 Å². The van der Waals surface area contributed by atoms with Gasteiger partial charge >= 0.3 is 0 Å². The molecule has 0 saturated carbocycles. The summed E-state index contributed by atoms with van der Waals surface area (Å²) in [7, 11) is 0. The first-order valence-corrected chi connectivity index (χ1v) is 20.3. The van der Waals surface area contributed by atoms with Gasteiger partial charge in [-0.1, -0.05) is 155 Å². The summed E-state index contributed by atoms with van der Waals surface area (Å²) in [6, 6.07) is 44.9. The Hall–Kier alpha value is -6.01. The number of aromatic nitrogens is 5. The van der Waals surface area contributed by atoms with Gasteiger partial charge in [-0.05, 0) is 75.5 Å². The van der Waals surface area contributed by atoms with Crippen LogP contribution >= 0.6 is 0 Å². The zero-order valence-electron chi connectivity index (χ0n) is 35.8. The van der Waals surface area contributed by atoms with Gasteiger partial charge in [0.25, 0.3) is 6.33 Å². The van der Waals surface area contributed by atoms with Gasteiger partial charge in [0.2, 0.25) is 0 Å². The van der Waals surface area contributed by atoms with Crippen LogP contribution in [0.5, 0.6) is 11.5 Å². The number of pyridine rings is 1. The van der Waals surface area contributed by atoms with Crippen molar-refractivity contribution in [3.63, 3.8) is 0 Å². The Morgan fingerprint density at radius 3 is 1.88 bits per heavy atom. The number of ether oxygens (including phenoxy) is 1. The molecule has 6 nitrogen and oxygen atoms in total. The fraction of sp³-hybridized carbons (Fsp3) is 0.288. The van der Waals surface area contributed by atoms with Crippen molar-refractivity contribution >= 4 is 21.8 Å². The molecule has 6 heteroatoms. The van der Waals surface area contributed by atoms with E-state index in [1.807, 2.05) is 23.0 Å². The van der Waals surface area contributed by atoms with Crippen molar-refractivity contribution in [2.75, 3.05) is 0 Å². The van der Waals surface area contributed by atoms with Crippen LogP contribution in [-0.2, 0) is 21.7 Å². The smallest absolute Gasteiger partial charge is 0.273 e. The molecular weight excluding hydrogens is 711 g/mol. The molecule has 0 aliphatic rings. The molecule has 0 amide bonds. The molecule has 0 spiro atoms. The van der Waals surface area contributed by atoms with Crippen LogP contribution < -0.4 is 9.42 Å². The second-order valence-electron chi connectivity index (χ2n) is 19.2. The van der Waals surface area contributed by atoms with Gasteiger partial charge in [-0.2, -0.15) is 4.68 Å². The normalized spacial score (nSPS) is 12.7. The highest BCUT2D eigenvalue weighted by Crippen LogP contribution is 2.38. The summed E-state index contributed by atoms with van der Waals surface area (Å²) in [4.78, 5) is 4.94. The summed E-state index contributed by atoms with van der Waals surface area (Å²) in [6.07, 6.45) is 5.54. The van der Waals surface area contributed by atoms with Gasteiger partial charge in [0.05, 0.1) is 22.4 Å².